The van der Waals surface area contributed by atoms with Crippen LogP contribution < -0.4 is 11.3 Å². The number of aromatic amines is 1. The molecule has 1 heterocycles. The number of aromatic nitrogens is 2. The van der Waals surface area contributed by atoms with Gasteiger partial charge in [0.25, 0.3) is 5.56 Å². The third-order valence-electron chi connectivity index (χ3n) is 2.42. The molecule has 0 amide bonds. The number of nitrogens with two attached hydrogens (primary N) is 1. The van der Waals surface area contributed by atoms with Crippen LogP contribution in [0.4, 0.5) is 10.1 Å². The average Bonchev–Trinajstić information content (AvgIpc) is 2.32. The molecule has 0 aliphatic carbocycles. The minimum atomic E-state index is -1.35. The van der Waals surface area contributed by atoms with E-state index in [1.165, 1.54) is 12.1 Å². The van der Waals surface area contributed by atoms with Gasteiger partial charge in [-0.3, -0.25) is 4.79 Å². The Balaban J connectivity index is 2.51. The van der Waals surface area contributed by atoms with Gasteiger partial charge in [-0.1, -0.05) is 11.8 Å². The summed E-state index contributed by atoms with van der Waals surface area (Å²) in [6.45, 7) is 1.64. The van der Waals surface area contributed by atoms with Crippen molar-refractivity contribution in [2.75, 3.05) is 5.73 Å². The Hall–Kier alpha value is -2.35. The molecule has 1 aromatic heterocycles. The van der Waals surface area contributed by atoms with Crippen LogP contribution in [0, 0.1) is 12.7 Å². The van der Waals surface area contributed by atoms with E-state index in [1.807, 2.05) is 0 Å². The van der Waals surface area contributed by atoms with Crippen molar-refractivity contribution in [1.82, 2.24) is 9.97 Å². The van der Waals surface area contributed by atoms with Crippen LogP contribution in [0.5, 0.6) is 0 Å². The van der Waals surface area contributed by atoms with E-state index in [4.69, 9.17) is 10.8 Å². The molecule has 0 radical (unpaired) electrons. The van der Waals surface area contributed by atoms with E-state index in [9.17, 15) is 14.0 Å². The number of aryl methyl sites for hydroxylation is 1. The maximum absolute atomic E-state index is 13.3. The molecule has 0 bridgehead atoms. The second-order valence-electron chi connectivity index (χ2n) is 3.93. The van der Waals surface area contributed by atoms with E-state index in [2.05, 4.69) is 9.97 Å². The topological polar surface area (TPSA) is 109 Å². The molecule has 0 atom stereocenters. The third-order valence-corrected chi connectivity index (χ3v) is 3.37. The molecule has 0 spiro atoms. The van der Waals surface area contributed by atoms with E-state index in [-0.39, 0.29) is 21.2 Å². The summed E-state index contributed by atoms with van der Waals surface area (Å²) in [6.07, 6.45) is 0. The van der Waals surface area contributed by atoms with Crippen LogP contribution in [0.25, 0.3) is 0 Å². The predicted molar refractivity (Wildman–Crippen MR) is 71.5 cm³/mol. The first-order valence-electron chi connectivity index (χ1n) is 5.45. The lowest BCUT2D eigenvalue weighted by molar-refractivity contribution is 0.0694. The van der Waals surface area contributed by atoms with E-state index in [0.29, 0.717) is 5.69 Å². The molecule has 0 saturated heterocycles. The maximum Gasteiger partial charge on any atom is 0.339 e. The Morgan fingerprint density at radius 3 is 2.80 bits per heavy atom. The molecule has 0 saturated carbocycles. The molecular weight excluding hydrogens is 285 g/mol. The largest absolute Gasteiger partial charge is 0.478 e. The molecular formula is C12H10FN3O3S. The molecule has 0 fully saturated rings. The minimum absolute atomic E-state index is 0.199. The summed E-state index contributed by atoms with van der Waals surface area (Å²) < 4.78 is 13.3. The summed E-state index contributed by atoms with van der Waals surface area (Å²) >= 11 is 0.900. The fourth-order valence-electron chi connectivity index (χ4n) is 1.58. The van der Waals surface area contributed by atoms with E-state index >= 15 is 0 Å². The van der Waals surface area contributed by atoms with Crippen LogP contribution in [0.2, 0.25) is 0 Å². The number of rotatable bonds is 3. The second-order valence-corrected chi connectivity index (χ2v) is 4.96. The van der Waals surface area contributed by atoms with Gasteiger partial charge in [0, 0.05) is 16.7 Å². The number of benzene rings is 1. The molecule has 104 valence electrons. The zero-order valence-electron chi connectivity index (χ0n) is 10.3. The van der Waals surface area contributed by atoms with Gasteiger partial charge in [0.05, 0.1) is 11.3 Å². The van der Waals surface area contributed by atoms with Crippen LogP contribution in [-0.4, -0.2) is 21.0 Å². The first kappa shape index (κ1) is 14.1. The van der Waals surface area contributed by atoms with Crippen molar-refractivity contribution in [2.24, 2.45) is 0 Å². The first-order chi connectivity index (χ1) is 9.38. The van der Waals surface area contributed by atoms with Crippen LogP contribution in [-0.2, 0) is 0 Å². The molecule has 8 heteroatoms. The maximum atomic E-state index is 13.3. The lowest BCUT2D eigenvalue weighted by Crippen LogP contribution is -2.09. The standard InChI is InChI=1S/C12H10FN3O3S/c1-5-4-8(17)16-12(15-5)20-7-3-2-6(13)10(14)9(7)11(18)19/h2-4H,14H2,1H3,(H,18,19)(H,15,16,17). The van der Waals surface area contributed by atoms with Crippen LogP contribution in [0.1, 0.15) is 16.1 Å². The number of H-pyrrole nitrogens is 1. The van der Waals surface area contributed by atoms with Crippen molar-refractivity contribution in [3.63, 3.8) is 0 Å². The molecule has 1 aromatic carbocycles. The molecule has 0 unspecified atom stereocenters. The molecule has 6 nitrogen and oxygen atoms in total. The van der Waals surface area contributed by atoms with Gasteiger partial charge in [-0.25, -0.2) is 14.2 Å². The van der Waals surface area contributed by atoms with Crippen molar-refractivity contribution < 1.29 is 14.3 Å². The van der Waals surface area contributed by atoms with Gasteiger partial charge in [0.1, 0.15) is 5.82 Å². The zero-order chi connectivity index (χ0) is 14.9. The summed E-state index contributed by atoms with van der Waals surface area (Å²) in [6, 6.07) is 3.65. The number of nitrogen functional groups attached to an aromatic ring is 1. The summed E-state index contributed by atoms with van der Waals surface area (Å²) in [5, 5.41) is 9.32. The lowest BCUT2D eigenvalue weighted by atomic mass is 10.2. The Kier molecular flexibility index (Phi) is 3.75. The van der Waals surface area contributed by atoms with E-state index < -0.39 is 17.5 Å². The molecule has 0 aliphatic rings. The zero-order valence-corrected chi connectivity index (χ0v) is 11.1. The highest BCUT2D eigenvalue weighted by Gasteiger charge is 2.19. The Labute approximate surface area is 116 Å². The lowest BCUT2D eigenvalue weighted by Gasteiger charge is -2.08. The number of hydrogen-bond donors (Lipinski definition) is 3. The van der Waals surface area contributed by atoms with Crippen LogP contribution >= 0.6 is 11.8 Å². The number of nitrogens with zero attached hydrogens (tertiary/aromatic N) is 1. The van der Waals surface area contributed by atoms with Gasteiger partial charge in [0.15, 0.2) is 5.16 Å². The van der Waals surface area contributed by atoms with Gasteiger partial charge < -0.3 is 15.8 Å². The van der Waals surface area contributed by atoms with Crippen molar-refractivity contribution in [1.29, 1.82) is 0 Å². The van der Waals surface area contributed by atoms with Gasteiger partial charge in [0.2, 0.25) is 0 Å². The molecule has 2 rings (SSSR count). The summed E-state index contributed by atoms with van der Waals surface area (Å²) in [7, 11) is 0. The Bertz CT molecular complexity index is 745. The van der Waals surface area contributed by atoms with Crippen molar-refractivity contribution in [2.45, 2.75) is 17.0 Å². The number of nitrogens with one attached hydrogen (secondary N) is 1. The van der Waals surface area contributed by atoms with E-state index in [0.717, 1.165) is 17.8 Å². The number of hydrogen-bond acceptors (Lipinski definition) is 5. The number of carboxylic acids is 1. The fraction of sp³-hybridized carbons (Fsp3) is 0.0833. The number of anilines is 1. The number of carboxylic acid groups (broad SMARTS) is 1. The normalized spacial score (nSPS) is 10.5. The third kappa shape index (κ3) is 2.80. The van der Waals surface area contributed by atoms with Crippen molar-refractivity contribution >= 4 is 23.4 Å². The molecule has 20 heavy (non-hydrogen) atoms. The highest BCUT2D eigenvalue weighted by molar-refractivity contribution is 7.99. The number of carbonyl (C=O) groups is 1. The molecule has 4 N–H and O–H groups in total. The highest BCUT2D eigenvalue weighted by atomic mass is 32.2. The minimum Gasteiger partial charge on any atom is -0.478 e. The van der Waals surface area contributed by atoms with Gasteiger partial charge in [-0.15, -0.1) is 0 Å². The number of halogens is 1. The van der Waals surface area contributed by atoms with Gasteiger partial charge in [-0.05, 0) is 19.1 Å². The average molecular weight is 295 g/mol. The highest BCUT2D eigenvalue weighted by Crippen LogP contribution is 2.32. The second kappa shape index (κ2) is 5.33. The molecule has 0 aliphatic heterocycles. The summed E-state index contributed by atoms with van der Waals surface area (Å²) in [5.74, 6) is -2.16. The van der Waals surface area contributed by atoms with Crippen LogP contribution in [0.3, 0.4) is 0 Å². The Morgan fingerprint density at radius 1 is 1.50 bits per heavy atom. The van der Waals surface area contributed by atoms with Crippen molar-refractivity contribution in [3.05, 3.63) is 45.6 Å². The monoisotopic (exact) mass is 295 g/mol. The quantitative estimate of drug-likeness (QED) is 0.587. The van der Waals surface area contributed by atoms with Gasteiger partial charge >= 0.3 is 5.97 Å². The first-order valence-corrected chi connectivity index (χ1v) is 6.27. The van der Waals surface area contributed by atoms with Gasteiger partial charge in [-0.2, -0.15) is 0 Å². The summed E-state index contributed by atoms with van der Waals surface area (Å²) in [5.41, 5.74) is 4.78. The van der Waals surface area contributed by atoms with Crippen molar-refractivity contribution in [3.8, 4) is 0 Å². The van der Waals surface area contributed by atoms with E-state index in [1.54, 1.807) is 6.92 Å². The Morgan fingerprint density at radius 2 is 2.20 bits per heavy atom. The number of aromatic carboxylic acids is 1. The van der Waals surface area contributed by atoms with Crippen LogP contribution in [0.15, 0.2) is 33.0 Å². The molecule has 2 aromatic rings. The predicted octanol–water partition coefficient (Wildman–Crippen LogP) is 1.65. The SMILES string of the molecule is Cc1cc(=O)[nH]c(Sc2ccc(F)c(N)c2C(=O)O)n1. The smallest absolute Gasteiger partial charge is 0.339 e. The fourth-order valence-corrected chi connectivity index (χ4v) is 2.57. The summed E-state index contributed by atoms with van der Waals surface area (Å²) in [4.78, 5) is 29.2.